The zero-order valence-corrected chi connectivity index (χ0v) is 16.5. The number of carbonyl (C=O) groups is 1. The van der Waals surface area contributed by atoms with Crippen LogP contribution in [-0.2, 0) is 23.9 Å². The Hall–Kier alpha value is -3.82. The Bertz CT molecular complexity index is 1130. The molecule has 2 aromatic carbocycles. The van der Waals surface area contributed by atoms with E-state index in [-0.39, 0.29) is 30.6 Å². The topological polar surface area (TPSA) is 91.0 Å². The number of hydrogen-bond donors (Lipinski definition) is 4. The zero-order chi connectivity index (χ0) is 22.0. The number of halogens is 3. The van der Waals surface area contributed by atoms with E-state index in [4.69, 9.17) is 0 Å². The van der Waals surface area contributed by atoms with Crippen LogP contribution in [0.15, 0.2) is 48.7 Å². The molecule has 2 heterocycles. The minimum absolute atomic E-state index is 0.00892. The van der Waals surface area contributed by atoms with Crippen molar-refractivity contribution in [2.24, 2.45) is 0 Å². The van der Waals surface area contributed by atoms with Crippen LogP contribution in [0.4, 0.5) is 42.0 Å². The Morgan fingerprint density at radius 1 is 1.16 bits per heavy atom. The number of nitrogens with one attached hydrogen (secondary N) is 4. The van der Waals surface area contributed by atoms with Crippen LogP contribution in [0.2, 0.25) is 0 Å². The van der Waals surface area contributed by atoms with Crippen molar-refractivity contribution in [3.8, 4) is 0 Å². The predicted octanol–water partition coefficient (Wildman–Crippen LogP) is 4.39. The summed E-state index contributed by atoms with van der Waals surface area (Å²) >= 11 is 0. The molecule has 31 heavy (non-hydrogen) atoms. The molecule has 0 atom stereocenters. The van der Waals surface area contributed by atoms with E-state index in [2.05, 4.69) is 31.2 Å². The summed E-state index contributed by atoms with van der Waals surface area (Å²) in [7, 11) is 1.74. The molecule has 0 bridgehead atoms. The fourth-order valence-electron chi connectivity index (χ4n) is 3.32. The molecule has 0 unspecified atom stereocenters. The van der Waals surface area contributed by atoms with Gasteiger partial charge in [-0.2, -0.15) is 18.2 Å². The van der Waals surface area contributed by atoms with E-state index < -0.39 is 11.7 Å². The van der Waals surface area contributed by atoms with Gasteiger partial charge in [0.25, 0.3) is 0 Å². The van der Waals surface area contributed by atoms with Crippen LogP contribution < -0.4 is 21.3 Å². The number of amides is 1. The lowest BCUT2D eigenvalue weighted by Gasteiger charge is -2.16. The van der Waals surface area contributed by atoms with Gasteiger partial charge in [0.2, 0.25) is 11.9 Å². The summed E-state index contributed by atoms with van der Waals surface area (Å²) in [5, 5.41) is 11.4. The number of aromatic nitrogens is 2. The van der Waals surface area contributed by atoms with Crippen LogP contribution in [0.3, 0.4) is 0 Å². The molecular formula is C21H19F3N6O. The van der Waals surface area contributed by atoms with E-state index in [0.717, 1.165) is 28.7 Å². The highest BCUT2D eigenvalue weighted by atomic mass is 19.4. The molecule has 0 spiro atoms. The number of para-hydroxylation sites is 1. The van der Waals surface area contributed by atoms with Gasteiger partial charge in [0.1, 0.15) is 11.4 Å². The van der Waals surface area contributed by atoms with Crippen LogP contribution in [0, 0.1) is 0 Å². The van der Waals surface area contributed by atoms with Crippen LogP contribution in [0.1, 0.15) is 16.7 Å². The molecule has 1 amide bonds. The first kappa shape index (κ1) is 20.5. The van der Waals surface area contributed by atoms with Crippen molar-refractivity contribution >= 4 is 34.7 Å². The second-order valence-electron chi connectivity index (χ2n) is 6.94. The molecule has 0 fully saturated rings. The van der Waals surface area contributed by atoms with Crippen molar-refractivity contribution in [2.75, 3.05) is 28.3 Å². The van der Waals surface area contributed by atoms with Crippen LogP contribution >= 0.6 is 0 Å². The van der Waals surface area contributed by atoms with E-state index in [1.165, 1.54) is 0 Å². The van der Waals surface area contributed by atoms with Gasteiger partial charge in [-0.05, 0) is 35.4 Å². The van der Waals surface area contributed by atoms with E-state index in [1.54, 1.807) is 25.2 Å². The molecule has 3 aromatic rings. The van der Waals surface area contributed by atoms with Gasteiger partial charge < -0.3 is 21.3 Å². The highest BCUT2D eigenvalue weighted by molar-refractivity contribution is 5.99. The van der Waals surface area contributed by atoms with Gasteiger partial charge in [-0.25, -0.2) is 4.98 Å². The van der Waals surface area contributed by atoms with Crippen molar-refractivity contribution in [2.45, 2.75) is 19.1 Å². The standard InChI is InChI=1S/C21H19F3N6O/c1-25-16-5-3-2-4-12(16)10-26-19-15(21(22,23)24)11-27-20(30-19)28-14-6-7-17-13(8-14)9-18(31)29-17/h2-8,11,25H,9-10H2,1H3,(H,29,31)(H2,26,27,28,30). The molecular weight excluding hydrogens is 409 g/mol. The van der Waals surface area contributed by atoms with Crippen molar-refractivity contribution in [3.63, 3.8) is 0 Å². The van der Waals surface area contributed by atoms with Crippen molar-refractivity contribution < 1.29 is 18.0 Å². The monoisotopic (exact) mass is 428 g/mol. The lowest BCUT2D eigenvalue weighted by molar-refractivity contribution is -0.137. The van der Waals surface area contributed by atoms with E-state index in [9.17, 15) is 18.0 Å². The fraction of sp³-hybridized carbons (Fsp3) is 0.190. The molecule has 0 aliphatic carbocycles. The Labute approximate surface area is 176 Å². The maximum Gasteiger partial charge on any atom is 0.421 e. The molecule has 4 N–H and O–H groups in total. The largest absolute Gasteiger partial charge is 0.421 e. The number of nitrogens with zero attached hydrogens (tertiary/aromatic N) is 2. The van der Waals surface area contributed by atoms with Crippen molar-refractivity contribution in [1.82, 2.24) is 9.97 Å². The Morgan fingerprint density at radius 3 is 2.74 bits per heavy atom. The highest BCUT2D eigenvalue weighted by Gasteiger charge is 2.35. The summed E-state index contributed by atoms with van der Waals surface area (Å²) in [6.45, 7) is 0.142. The summed E-state index contributed by atoms with van der Waals surface area (Å²) in [5.41, 5.74) is 2.72. The highest BCUT2D eigenvalue weighted by Crippen LogP contribution is 2.35. The first-order valence-corrected chi connectivity index (χ1v) is 9.47. The smallest absolute Gasteiger partial charge is 0.388 e. The van der Waals surface area contributed by atoms with Crippen LogP contribution in [0.5, 0.6) is 0 Å². The number of hydrogen-bond acceptors (Lipinski definition) is 6. The SMILES string of the molecule is CNc1ccccc1CNc1nc(Nc2ccc3c(c2)CC(=O)N3)ncc1C(F)(F)F. The number of carbonyl (C=O) groups excluding carboxylic acids is 1. The van der Waals surface area contributed by atoms with Gasteiger partial charge in [0, 0.05) is 36.9 Å². The molecule has 1 aliphatic heterocycles. The normalized spacial score (nSPS) is 12.8. The molecule has 0 radical (unpaired) electrons. The van der Waals surface area contributed by atoms with E-state index >= 15 is 0 Å². The number of alkyl halides is 3. The van der Waals surface area contributed by atoms with Crippen LogP contribution in [-0.4, -0.2) is 22.9 Å². The predicted molar refractivity (Wildman–Crippen MR) is 112 cm³/mol. The van der Waals surface area contributed by atoms with Gasteiger partial charge in [0.15, 0.2) is 0 Å². The summed E-state index contributed by atoms with van der Waals surface area (Å²) in [5.74, 6) is -0.421. The number of fused-ring (bicyclic) bond motifs is 1. The number of anilines is 5. The maximum absolute atomic E-state index is 13.5. The lowest BCUT2D eigenvalue weighted by atomic mass is 10.1. The minimum Gasteiger partial charge on any atom is -0.388 e. The third-order valence-electron chi connectivity index (χ3n) is 4.81. The summed E-state index contributed by atoms with van der Waals surface area (Å²) in [6.07, 6.45) is -3.61. The average molecular weight is 428 g/mol. The summed E-state index contributed by atoms with van der Waals surface area (Å²) in [6, 6.07) is 12.5. The Kier molecular flexibility index (Phi) is 5.37. The molecule has 1 aliphatic rings. The number of benzene rings is 2. The maximum atomic E-state index is 13.5. The molecule has 0 saturated heterocycles. The van der Waals surface area contributed by atoms with Gasteiger partial charge in [-0.15, -0.1) is 0 Å². The van der Waals surface area contributed by atoms with E-state index in [0.29, 0.717) is 5.69 Å². The molecule has 7 nitrogen and oxygen atoms in total. The summed E-state index contributed by atoms with van der Waals surface area (Å²) < 4.78 is 40.4. The second-order valence-corrected chi connectivity index (χ2v) is 6.94. The second kappa shape index (κ2) is 8.13. The van der Waals surface area contributed by atoms with E-state index in [1.807, 2.05) is 24.3 Å². The Balaban J connectivity index is 1.59. The van der Waals surface area contributed by atoms with Crippen molar-refractivity contribution in [1.29, 1.82) is 0 Å². The third kappa shape index (κ3) is 4.52. The minimum atomic E-state index is -4.61. The lowest BCUT2D eigenvalue weighted by Crippen LogP contribution is -2.14. The first-order valence-electron chi connectivity index (χ1n) is 9.47. The first-order chi connectivity index (χ1) is 14.8. The van der Waals surface area contributed by atoms with Gasteiger partial charge in [-0.3, -0.25) is 4.79 Å². The van der Waals surface area contributed by atoms with Gasteiger partial charge in [-0.1, -0.05) is 18.2 Å². The van der Waals surface area contributed by atoms with Gasteiger partial charge in [0.05, 0.1) is 6.42 Å². The Morgan fingerprint density at radius 2 is 1.97 bits per heavy atom. The third-order valence-corrected chi connectivity index (χ3v) is 4.81. The zero-order valence-electron chi connectivity index (χ0n) is 16.5. The fourth-order valence-corrected chi connectivity index (χ4v) is 3.32. The summed E-state index contributed by atoms with van der Waals surface area (Å²) in [4.78, 5) is 19.4. The van der Waals surface area contributed by atoms with Crippen LogP contribution in [0.25, 0.3) is 0 Å². The quantitative estimate of drug-likeness (QED) is 0.466. The average Bonchev–Trinajstić information content (AvgIpc) is 3.11. The molecule has 160 valence electrons. The van der Waals surface area contributed by atoms with Crippen molar-refractivity contribution in [3.05, 3.63) is 65.4 Å². The molecule has 1 aromatic heterocycles. The van der Waals surface area contributed by atoms with Gasteiger partial charge >= 0.3 is 6.18 Å². The molecule has 4 rings (SSSR count). The molecule has 0 saturated carbocycles. The number of rotatable bonds is 6. The molecule has 10 heteroatoms.